The third-order valence-electron chi connectivity index (χ3n) is 2.68. The summed E-state index contributed by atoms with van der Waals surface area (Å²) in [6.45, 7) is 0.796. The van der Waals surface area contributed by atoms with Crippen LogP contribution < -0.4 is 5.73 Å². The van der Waals surface area contributed by atoms with Crippen molar-refractivity contribution in [1.29, 1.82) is 0 Å². The van der Waals surface area contributed by atoms with Crippen LogP contribution in [-0.2, 0) is 4.74 Å². The van der Waals surface area contributed by atoms with Crippen LogP contribution in [0.5, 0.6) is 0 Å². The van der Waals surface area contributed by atoms with E-state index < -0.39 is 0 Å². The molecular weight excluding hydrogens is 142 g/mol. The minimum absolute atomic E-state index is 0.124. The van der Waals surface area contributed by atoms with Crippen LogP contribution in [0, 0.1) is 11.8 Å². The molecule has 0 spiro atoms. The van der Waals surface area contributed by atoms with Gasteiger partial charge >= 0.3 is 0 Å². The molecule has 1 fully saturated rings. The Hall–Kier alpha value is -0.380. The first kappa shape index (κ1) is 7.28. The quantitative estimate of drug-likeness (QED) is 0.529. The van der Waals surface area contributed by atoms with Crippen molar-refractivity contribution in [1.82, 2.24) is 0 Å². The molecular formula is C8H13NO2. The summed E-state index contributed by atoms with van der Waals surface area (Å²) in [5.41, 5.74) is 5.56. The zero-order valence-corrected chi connectivity index (χ0v) is 6.31. The minimum atomic E-state index is 0.124. The van der Waals surface area contributed by atoms with Crippen molar-refractivity contribution in [3.63, 3.8) is 0 Å². The third-order valence-corrected chi connectivity index (χ3v) is 2.68. The number of fused-ring (bicyclic) bond motifs is 2. The lowest BCUT2D eigenvalue weighted by Crippen LogP contribution is -2.32. The molecule has 1 saturated heterocycles. The molecule has 0 aliphatic carbocycles. The predicted molar refractivity (Wildman–Crippen MR) is 40.9 cm³/mol. The van der Waals surface area contributed by atoms with E-state index in [4.69, 9.17) is 15.6 Å². The molecule has 0 amide bonds. The summed E-state index contributed by atoms with van der Waals surface area (Å²) in [6, 6.07) is 0. The maximum Gasteiger partial charge on any atom is 0.0819 e. The molecule has 0 aromatic heterocycles. The van der Waals surface area contributed by atoms with Crippen LogP contribution in [0.1, 0.15) is 0 Å². The van der Waals surface area contributed by atoms with Crippen molar-refractivity contribution in [2.45, 2.75) is 12.2 Å². The molecule has 62 valence electrons. The summed E-state index contributed by atoms with van der Waals surface area (Å²) in [5.74, 6) is 0.560. The topological polar surface area (TPSA) is 55.5 Å². The molecule has 4 atom stereocenters. The molecule has 2 bridgehead atoms. The van der Waals surface area contributed by atoms with Crippen LogP contribution in [0.2, 0.25) is 0 Å². The number of aliphatic hydroxyl groups is 1. The van der Waals surface area contributed by atoms with Crippen LogP contribution in [0.3, 0.4) is 0 Å². The summed E-state index contributed by atoms with van der Waals surface area (Å²) in [6.07, 6.45) is 4.37. The van der Waals surface area contributed by atoms with Crippen molar-refractivity contribution in [3.05, 3.63) is 12.2 Å². The van der Waals surface area contributed by atoms with Gasteiger partial charge in [0.05, 0.1) is 12.2 Å². The standard InChI is InChI=1S/C8H13NO2/c9-3-5-6(4-10)8-2-1-7(5)11-8/h1-2,5-8,10H,3-4,9H2. The lowest BCUT2D eigenvalue weighted by molar-refractivity contribution is 0.0939. The van der Waals surface area contributed by atoms with Crippen LogP contribution in [-0.4, -0.2) is 30.5 Å². The van der Waals surface area contributed by atoms with Crippen LogP contribution in [0.25, 0.3) is 0 Å². The summed E-state index contributed by atoms with van der Waals surface area (Å²) in [4.78, 5) is 0. The van der Waals surface area contributed by atoms with E-state index in [-0.39, 0.29) is 24.7 Å². The van der Waals surface area contributed by atoms with Crippen molar-refractivity contribution in [2.75, 3.05) is 13.2 Å². The summed E-state index contributed by atoms with van der Waals surface area (Å²) in [7, 11) is 0. The zero-order valence-electron chi connectivity index (χ0n) is 6.31. The first-order valence-corrected chi connectivity index (χ1v) is 4.01. The Labute approximate surface area is 65.8 Å². The van der Waals surface area contributed by atoms with Gasteiger partial charge in [0.1, 0.15) is 0 Å². The molecule has 0 saturated carbocycles. The van der Waals surface area contributed by atoms with Crippen molar-refractivity contribution < 1.29 is 9.84 Å². The Bertz CT molecular complexity index is 163. The smallest absolute Gasteiger partial charge is 0.0819 e. The second-order valence-electron chi connectivity index (χ2n) is 3.20. The number of rotatable bonds is 2. The van der Waals surface area contributed by atoms with Crippen molar-refractivity contribution in [2.24, 2.45) is 17.6 Å². The largest absolute Gasteiger partial charge is 0.396 e. The molecule has 2 rings (SSSR count). The third kappa shape index (κ3) is 0.922. The number of nitrogens with two attached hydrogens (primary N) is 1. The van der Waals surface area contributed by atoms with E-state index >= 15 is 0 Å². The molecule has 0 aromatic rings. The monoisotopic (exact) mass is 155 g/mol. The Morgan fingerprint density at radius 2 is 1.91 bits per heavy atom. The number of ether oxygens (including phenoxy) is 1. The molecule has 0 aromatic carbocycles. The van der Waals surface area contributed by atoms with Gasteiger partial charge in [-0.25, -0.2) is 0 Å². The fourth-order valence-corrected chi connectivity index (χ4v) is 2.01. The number of hydrogen-bond donors (Lipinski definition) is 2. The second kappa shape index (κ2) is 2.59. The normalized spacial score (nSPS) is 47.1. The predicted octanol–water partition coefficient (Wildman–Crippen LogP) is -0.493. The molecule has 11 heavy (non-hydrogen) atoms. The molecule has 3 nitrogen and oxygen atoms in total. The molecule has 0 radical (unpaired) electrons. The lowest BCUT2D eigenvalue weighted by Gasteiger charge is -2.21. The van der Waals surface area contributed by atoms with Gasteiger partial charge in [-0.05, 0) is 6.54 Å². The first-order chi connectivity index (χ1) is 5.36. The Balaban J connectivity index is 2.15. The van der Waals surface area contributed by atoms with Gasteiger partial charge in [-0.15, -0.1) is 0 Å². The van der Waals surface area contributed by atoms with Gasteiger partial charge in [0.15, 0.2) is 0 Å². The van der Waals surface area contributed by atoms with E-state index in [0.29, 0.717) is 12.5 Å². The molecule has 2 aliphatic heterocycles. The van der Waals surface area contributed by atoms with E-state index in [1.165, 1.54) is 0 Å². The summed E-state index contributed by atoms with van der Waals surface area (Å²) < 4.78 is 5.53. The van der Waals surface area contributed by atoms with Gasteiger partial charge in [-0.2, -0.15) is 0 Å². The van der Waals surface area contributed by atoms with Crippen LogP contribution >= 0.6 is 0 Å². The van der Waals surface area contributed by atoms with E-state index in [2.05, 4.69) is 0 Å². The number of aliphatic hydroxyl groups excluding tert-OH is 1. The highest BCUT2D eigenvalue weighted by atomic mass is 16.5. The summed E-state index contributed by atoms with van der Waals surface area (Å²) in [5, 5.41) is 9.02. The fraction of sp³-hybridized carbons (Fsp3) is 0.750. The van der Waals surface area contributed by atoms with Crippen LogP contribution in [0.15, 0.2) is 12.2 Å². The lowest BCUT2D eigenvalue weighted by atomic mass is 9.84. The average molecular weight is 155 g/mol. The van der Waals surface area contributed by atoms with Gasteiger partial charge < -0.3 is 15.6 Å². The molecule has 3 heteroatoms. The second-order valence-corrected chi connectivity index (χ2v) is 3.20. The summed E-state index contributed by atoms with van der Waals surface area (Å²) >= 11 is 0. The van der Waals surface area contributed by atoms with Crippen molar-refractivity contribution >= 4 is 0 Å². The molecule has 4 unspecified atom stereocenters. The SMILES string of the molecule is NCC1C2C=CC(O2)C1CO. The van der Waals surface area contributed by atoms with Gasteiger partial charge in [0, 0.05) is 18.4 Å². The van der Waals surface area contributed by atoms with E-state index in [9.17, 15) is 0 Å². The maximum absolute atomic E-state index is 9.02. The Morgan fingerprint density at radius 3 is 2.36 bits per heavy atom. The first-order valence-electron chi connectivity index (χ1n) is 4.01. The molecule has 2 heterocycles. The van der Waals surface area contributed by atoms with Gasteiger partial charge in [0.2, 0.25) is 0 Å². The number of hydrogen-bond acceptors (Lipinski definition) is 3. The van der Waals surface area contributed by atoms with E-state index in [1.54, 1.807) is 0 Å². The van der Waals surface area contributed by atoms with Crippen LogP contribution in [0.4, 0.5) is 0 Å². The maximum atomic E-state index is 9.02. The Morgan fingerprint density at radius 1 is 1.27 bits per heavy atom. The van der Waals surface area contributed by atoms with E-state index in [1.807, 2.05) is 12.2 Å². The van der Waals surface area contributed by atoms with Crippen molar-refractivity contribution in [3.8, 4) is 0 Å². The minimum Gasteiger partial charge on any atom is -0.396 e. The van der Waals surface area contributed by atoms with Gasteiger partial charge in [0.25, 0.3) is 0 Å². The fourth-order valence-electron chi connectivity index (χ4n) is 2.01. The zero-order chi connectivity index (χ0) is 7.84. The molecule has 3 N–H and O–H groups in total. The van der Waals surface area contributed by atoms with Gasteiger partial charge in [-0.1, -0.05) is 12.2 Å². The van der Waals surface area contributed by atoms with Gasteiger partial charge in [-0.3, -0.25) is 0 Å². The average Bonchev–Trinajstić information content (AvgIpc) is 2.60. The van der Waals surface area contributed by atoms with E-state index in [0.717, 1.165) is 0 Å². The Kier molecular flexibility index (Phi) is 1.71. The highest BCUT2D eigenvalue weighted by Crippen LogP contribution is 2.37. The highest BCUT2D eigenvalue weighted by molar-refractivity contribution is 5.14. The molecule has 2 aliphatic rings. The highest BCUT2D eigenvalue weighted by Gasteiger charge is 2.44.